The zero-order valence-electron chi connectivity index (χ0n) is 12.7. The highest BCUT2D eigenvalue weighted by Gasteiger charge is 2.29. The van der Waals surface area contributed by atoms with E-state index in [0.717, 1.165) is 5.56 Å². The van der Waals surface area contributed by atoms with Gasteiger partial charge >= 0.3 is 13.6 Å². The Morgan fingerprint density at radius 1 is 1.10 bits per heavy atom. The maximum atomic E-state index is 12.3. The predicted molar refractivity (Wildman–Crippen MR) is 78.9 cm³/mol. The van der Waals surface area contributed by atoms with E-state index in [2.05, 4.69) is 0 Å². The molecule has 118 valence electrons. The Bertz CT molecular complexity index is 491. The van der Waals surface area contributed by atoms with Crippen molar-refractivity contribution in [2.24, 2.45) is 0 Å². The number of rotatable bonds is 8. The largest absolute Gasteiger partial charge is 0.497 e. The lowest BCUT2D eigenvalue weighted by Crippen LogP contribution is -2.13. The Morgan fingerprint density at radius 2 is 1.67 bits per heavy atom. The summed E-state index contributed by atoms with van der Waals surface area (Å²) in [5.41, 5.74) is 0.843. The fourth-order valence-corrected chi connectivity index (χ4v) is 3.27. The van der Waals surface area contributed by atoms with E-state index in [-0.39, 0.29) is 24.5 Å². The maximum absolute atomic E-state index is 12.3. The van der Waals surface area contributed by atoms with Gasteiger partial charge in [-0.15, -0.1) is 0 Å². The van der Waals surface area contributed by atoms with Crippen molar-refractivity contribution in [2.45, 2.75) is 12.3 Å². The zero-order valence-corrected chi connectivity index (χ0v) is 13.6. The standard InChI is InChI=1S/C14H21O6P/c1-17-13-7-5-11(6-8-13)12(9-14(15)18-2)10-21(16,19-3)20-4/h5-8,12H,9-10H2,1-4H3. The lowest BCUT2D eigenvalue weighted by molar-refractivity contribution is -0.140. The van der Waals surface area contributed by atoms with Crippen LogP contribution in [-0.2, 0) is 23.1 Å². The molecule has 0 aliphatic carbocycles. The number of hydrogen-bond donors (Lipinski definition) is 0. The Labute approximate surface area is 124 Å². The number of ether oxygens (including phenoxy) is 2. The SMILES string of the molecule is COC(=O)CC(CP(=O)(OC)OC)c1ccc(OC)cc1. The third kappa shape index (κ3) is 5.16. The minimum absolute atomic E-state index is 0.0968. The van der Waals surface area contributed by atoms with Crippen LogP contribution in [0, 0.1) is 0 Å². The van der Waals surface area contributed by atoms with Gasteiger partial charge in [0.25, 0.3) is 0 Å². The van der Waals surface area contributed by atoms with E-state index in [1.165, 1.54) is 21.3 Å². The molecule has 0 aromatic heterocycles. The average Bonchev–Trinajstić information content (AvgIpc) is 2.54. The summed E-state index contributed by atoms with van der Waals surface area (Å²) in [4.78, 5) is 11.6. The molecule has 0 bridgehead atoms. The summed E-state index contributed by atoms with van der Waals surface area (Å²) < 4.78 is 32.0. The normalized spacial score (nSPS) is 12.8. The molecule has 0 saturated carbocycles. The van der Waals surface area contributed by atoms with Crippen molar-refractivity contribution in [1.29, 1.82) is 0 Å². The Hall–Kier alpha value is -1.36. The second-order valence-corrected chi connectivity index (χ2v) is 6.73. The zero-order chi connectivity index (χ0) is 15.9. The van der Waals surface area contributed by atoms with Crippen molar-refractivity contribution >= 4 is 13.6 Å². The van der Waals surface area contributed by atoms with Gasteiger partial charge < -0.3 is 18.5 Å². The summed E-state index contributed by atoms with van der Waals surface area (Å²) in [7, 11) is 2.32. The van der Waals surface area contributed by atoms with Crippen molar-refractivity contribution in [3.63, 3.8) is 0 Å². The second kappa shape index (κ2) is 8.17. The van der Waals surface area contributed by atoms with E-state index in [9.17, 15) is 9.36 Å². The molecule has 6 nitrogen and oxygen atoms in total. The van der Waals surface area contributed by atoms with Crippen molar-refractivity contribution in [3.8, 4) is 5.75 Å². The highest BCUT2D eigenvalue weighted by Crippen LogP contribution is 2.50. The molecule has 7 heteroatoms. The van der Waals surface area contributed by atoms with Crippen molar-refractivity contribution in [2.75, 3.05) is 34.6 Å². The molecule has 1 aromatic rings. The fourth-order valence-electron chi connectivity index (χ4n) is 1.94. The summed E-state index contributed by atoms with van der Waals surface area (Å²) in [6, 6.07) is 7.21. The number of hydrogen-bond acceptors (Lipinski definition) is 6. The molecule has 0 radical (unpaired) electrons. The number of methoxy groups -OCH3 is 2. The molecular formula is C14H21O6P. The molecule has 1 aromatic carbocycles. The molecule has 0 fully saturated rings. The summed E-state index contributed by atoms with van der Waals surface area (Å²) in [5.74, 6) is 0.000831. The van der Waals surface area contributed by atoms with Crippen LogP contribution in [0.1, 0.15) is 17.9 Å². The van der Waals surface area contributed by atoms with E-state index < -0.39 is 7.60 Å². The average molecular weight is 316 g/mol. The number of benzene rings is 1. The van der Waals surface area contributed by atoms with E-state index in [1.54, 1.807) is 19.2 Å². The van der Waals surface area contributed by atoms with Gasteiger partial charge in [-0.1, -0.05) is 12.1 Å². The van der Waals surface area contributed by atoms with Gasteiger partial charge in [-0.3, -0.25) is 9.36 Å². The van der Waals surface area contributed by atoms with Crippen molar-refractivity contribution < 1.29 is 27.9 Å². The van der Waals surface area contributed by atoms with Crippen LogP contribution in [0.2, 0.25) is 0 Å². The first-order valence-electron chi connectivity index (χ1n) is 6.39. The van der Waals surface area contributed by atoms with Crippen LogP contribution in [0.15, 0.2) is 24.3 Å². The van der Waals surface area contributed by atoms with E-state index in [4.69, 9.17) is 18.5 Å². The Balaban J connectivity index is 3.00. The molecule has 0 heterocycles. The minimum Gasteiger partial charge on any atom is -0.497 e. The number of carbonyl (C=O) groups is 1. The number of esters is 1. The molecule has 1 unspecified atom stereocenters. The van der Waals surface area contributed by atoms with Gasteiger partial charge in [-0.05, 0) is 17.7 Å². The van der Waals surface area contributed by atoms with Crippen LogP contribution >= 0.6 is 7.60 Å². The Morgan fingerprint density at radius 3 is 2.10 bits per heavy atom. The molecule has 0 amide bonds. The summed E-state index contributed by atoms with van der Waals surface area (Å²) in [6.45, 7) is 0. The summed E-state index contributed by atoms with van der Waals surface area (Å²) in [5, 5.41) is 0. The van der Waals surface area contributed by atoms with E-state index in [1.807, 2.05) is 12.1 Å². The molecule has 1 atom stereocenters. The highest BCUT2D eigenvalue weighted by molar-refractivity contribution is 7.53. The van der Waals surface area contributed by atoms with Crippen LogP contribution in [-0.4, -0.2) is 40.6 Å². The van der Waals surface area contributed by atoms with Gasteiger partial charge in [0, 0.05) is 20.1 Å². The van der Waals surface area contributed by atoms with Gasteiger partial charge in [0.2, 0.25) is 0 Å². The molecule has 1 rings (SSSR count). The van der Waals surface area contributed by atoms with Crippen LogP contribution in [0.5, 0.6) is 5.75 Å². The third-order valence-electron chi connectivity index (χ3n) is 3.23. The lowest BCUT2D eigenvalue weighted by atomic mass is 9.97. The number of carbonyl (C=O) groups excluding carboxylic acids is 1. The second-order valence-electron chi connectivity index (χ2n) is 4.41. The van der Waals surface area contributed by atoms with Crippen LogP contribution in [0.25, 0.3) is 0 Å². The first-order chi connectivity index (χ1) is 9.97. The fraction of sp³-hybridized carbons (Fsp3) is 0.500. The topological polar surface area (TPSA) is 71.1 Å². The molecule has 0 spiro atoms. The predicted octanol–water partition coefficient (Wildman–Crippen LogP) is 2.83. The molecular weight excluding hydrogens is 295 g/mol. The van der Waals surface area contributed by atoms with Crippen LogP contribution in [0.4, 0.5) is 0 Å². The first-order valence-corrected chi connectivity index (χ1v) is 8.12. The van der Waals surface area contributed by atoms with Gasteiger partial charge in [0.05, 0.1) is 26.8 Å². The molecule has 0 saturated heterocycles. The minimum atomic E-state index is -3.23. The van der Waals surface area contributed by atoms with Gasteiger partial charge in [0.15, 0.2) is 0 Å². The monoisotopic (exact) mass is 316 g/mol. The van der Waals surface area contributed by atoms with E-state index in [0.29, 0.717) is 5.75 Å². The molecule has 0 N–H and O–H groups in total. The van der Waals surface area contributed by atoms with Crippen LogP contribution in [0.3, 0.4) is 0 Å². The summed E-state index contributed by atoms with van der Waals surface area (Å²) >= 11 is 0. The first kappa shape index (κ1) is 17.7. The lowest BCUT2D eigenvalue weighted by Gasteiger charge is -2.21. The van der Waals surface area contributed by atoms with Crippen LogP contribution < -0.4 is 4.74 Å². The third-order valence-corrected chi connectivity index (χ3v) is 5.23. The Kier molecular flexibility index (Phi) is 6.89. The highest BCUT2D eigenvalue weighted by atomic mass is 31.2. The quantitative estimate of drug-likeness (QED) is 0.542. The molecule has 0 aliphatic rings. The van der Waals surface area contributed by atoms with E-state index >= 15 is 0 Å². The molecule has 21 heavy (non-hydrogen) atoms. The van der Waals surface area contributed by atoms with Gasteiger partial charge in [-0.2, -0.15) is 0 Å². The summed E-state index contributed by atoms with van der Waals surface area (Å²) in [6.07, 6.45) is 0.195. The smallest absolute Gasteiger partial charge is 0.330 e. The van der Waals surface area contributed by atoms with Crippen molar-refractivity contribution in [3.05, 3.63) is 29.8 Å². The van der Waals surface area contributed by atoms with Gasteiger partial charge in [0.1, 0.15) is 5.75 Å². The maximum Gasteiger partial charge on any atom is 0.330 e. The molecule has 0 aliphatic heterocycles. The van der Waals surface area contributed by atoms with Crippen molar-refractivity contribution in [1.82, 2.24) is 0 Å². The van der Waals surface area contributed by atoms with Gasteiger partial charge in [-0.25, -0.2) is 0 Å².